The molecule has 0 saturated heterocycles. The van der Waals surface area contributed by atoms with Crippen LogP contribution >= 0.6 is 11.8 Å². The van der Waals surface area contributed by atoms with Crippen molar-refractivity contribution in [1.82, 2.24) is 16.0 Å². The fourth-order valence-corrected chi connectivity index (χ4v) is 3.13. The van der Waals surface area contributed by atoms with Crippen molar-refractivity contribution in [3.8, 4) is 0 Å². The van der Waals surface area contributed by atoms with Crippen LogP contribution in [0.4, 0.5) is 0 Å². The second-order valence-electron chi connectivity index (χ2n) is 7.37. The third kappa shape index (κ3) is 13.8. The Bertz CT molecular complexity index is 808. The van der Waals surface area contributed by atoms with E-state index < -0.39 is 97.9 Å². The number of aliphatic carboxylic acids is 4. The predicted molar refractivity (Wildman–Crippen MR) is 120 cm³/mol. The number of thioether (sulfide) groups is 1. The van der Waals surface area contributed by atoms with Crippen molar-refractivity contribution < 1.29 is 54.0 Å². The van der Waals surface area contributed by atoms with Crippen LogP contribution in [0.2, 0.25) is 0 Å². The van der Waals surface area contributed by atoms with Crippen LogP contribution in [0, 0.1) is 0 Å². The summed E-state index contributed by atoms with van der Waals surface area (Å²) in [6.07, 6.45) is -0.988. The van der Waals surface area contributed by atoms with Crippen LogP contribution in [0.1, 0.15) is 38.5 Å². The monoisotopic (exact) mass is 522 g/mol. The van der Waals surface area contributed by atoms with Crippen molar-refractivity contribution in [1.29, 1.82) is 0 Å². The van der Waals surface area contributed by atoms with Crippen LogP contribution in [0.5, 0.6) is 0 Å². The van der Waals surface area contributed by atoms with Gasteiger partial charge in [0.05, 0.1) is 12.5 Å². The lowest BCUT2D eigenvalue weighted by Gasteiger charge is -2.24. The first kappa shape index (κ1) is 31.6. The van der Waals surface area contributed by atoms with Gasteiger partial charge >= 0.3 is 23.9 Å². The van der Waals surface area contributed by atoms with E-state index in [1.165, 1.54) is 11.8 Å². The average Bonchev–Trinajstić information content (AvgIpc) is 2.75. The highest BCUT2D eigenvalue weighted by Crippen LogP contribution is 2.05. The highest BCUT2D eigenvalue weighted by atomic mass is 32.2. The Labute approximate surface area is 204 Å². The van der Waals surface area contributed by atoms with Crippen LogP contribution in [0.3, 0.4) is 0 Å². The number of carboxylic acids is 4. The molecule has 198 valence electrons. The Morgan fingerprint density at radius 2 is 1.14 bits per heavy atom. The minimum Gasteiger partial charge on any atom is -0.481 e. The number of carboxylic acid groups (broad SMARTS) is 4. The molecular formula is C19H30N4O11S. The predicted octanol–water partition coefficient (Wildman–Crippen LogP) is -2.19. The molecule has 16 heteroatoms. The van der Waals surface area contributed by atoms with Gasteiger partial charge in [0.2, 0.25) is 17.7 Å². The highest BCUT2D eigenvalue weighted by molar-refractivity contribution is 7.98. The number of nitrogens with two attached hydrogens (primary N) is 1. The average molecular weight is 523 g/mol. The van der Waals surface area contributed by atoms with Gasteiger partial charge in [-0.05, 0) is 31.3 Å². The number of amides is 3. The smallest absolute Gasteiger partial charge is 0.326 e. The normalized spacial score (nSPS) is 14.0. The standard InChI is InChI=1S/C19H30N4O11S/c1-35-7-6-9(20)16(30)21-10(2-4-13(24)25)17(31)23-12(8-15(28)29)18(32)22-11(19(33)34)3-5-14(26)27/h9-12H,2-8,20H2,1H3,(H,21,30)(H,22,32)(H,23,31)(H,24,25)(H,26,27)(H,28,29)(H,33,34)/t9-,10-,11-,12-/m0/s1. The number of hydrogen-bond acceptors (Lipinski definition) is 9. The Balaban J connectivity index is 5.55. The van der Waals surface area contributed by atoms with E-state index in [4.69, 9.17) is 21.1 Å². The first-order chi connectivity index (χ1) is 16.3. The zero-order valence-corrected chi connectivity index (χ0v) is 19.7. The van der Waals surface area contributed by atoms with E-state index in [1.807, 2.05) is 5.32 Å². The number of carbonyl (C=O) groups excluding carboxylic acids is 3. The van der Waals surface area contributed by atoms with Crippen LogP contribution in [-0.4, -0.2) is 98.2 Å². The highest BCUT2D eigenvalue weighted by Gasteiger charge is 2.32. The van der Waals surface area contributed by atoms with E-state index in [0.717, 1.165) is 0 Å². The van der Waals surface area contributed by atoms with Gasteiger partial charge in [-0.2, -0.15) is 11.8 Å². The molecule has 15 nitrogen and oxygen atoms in total. The fraction of sp³-hybridized carbons (Fsp3) is 0.632. The maximum atomic E-state index is 12.7. The summed E-state index contributed by atoms with van der Waals surface area (Å²) in [4.78, 5) is 81.7. The summed E-state index contributed by atoms with van der Waals surface area (Å²) in [6, 6.07) is -5.97. The molecule has 0 radical (unpaired) electrons. The lowest BCUT2D eigenvalue weighted by Crippen LogP contribution is -2.57. The minimum absolute atomic E-state index is 0.261. The largest absolute Gasteiger partial charge is 0.481 e. The summed E-state index contributed by atoms with van der Waals surface area (Å²) in [6.45, 7) is 0. The quantitative estimate of drug-likeness (QED) is 0.0952. The maximum Gasteiger partial charge on any atom is 0.326 e. The van der Waals surface area contributed by atoms with Gasteiger partial charge in [-0.3, -0.25) is 28.8 Å². The molecule has 0 bridgehead atoms. The van der Waals surface area contributed by atoms with Crippen LogP contribution in [-0.2, 0) is 33.6 Å². The number of carbonyl (C=O) groups is 7. The lowest BCUT2D eigenvalue weighted by molar-refractivity contribution is -0.144. The fourth-order valence-electron chi connectivity index (χ4n) is 2.65. The van der Waals surface area contributed by atoms with Gasteiger partial charge in [0.15, 0.2) is 0 Å². The first-order valence-corrected chi connectivity index (χ1v) is 11.7. The second-order valence-corrected chi connectivity index (χ2v) is 8.36. The topological polar surface area (TPSA) is 263 Å². The second kappa shape index (κ2) is 16.3. The van der Waals surface area contributed by atoms with Gasteiger partial charge in [0.1, 0.15) is 18.1 Å². The Morgan fingerprint density at radius 1 is 0.686 bits per heavy atom. The Kier molecular flexibility index (Phi) is 14.7. The van der Waals surface area contributed by atoms with Crippen LogP contribution < -0.4 is 21.7 Å². The number of nitrogens with one attached hydrogen (secondary N) is 3. The summed E-state index contributed by atoms with van der Waals surface area (Å²) in [5.74, 6) is -8.26. The molecule has 0 aliphatic heterocycles. The van der Waals surface area contributed by atoms with E-state index in [9.17, 15) is 38.7 Å². The van der Waals surface area contributed by atoms with Gasteiger partial charge in [0, 0.05) is 12.8 Å². The van der Waals surface area contributed by atoms with Gasteiger partial charge in [-0.15, -0.1) is 0 Å². The van der Waals surface area contributed by atoms with E-state index in [0.29, 0.717) is 5.75 Å². The Hall–Kier alpha value is -3.40. The summed E-state index contributed by atoms with van der Waals surface area (Å²) in [5.41, 5.74) is 5.74. The Morgan fingerprint density at radius 3 is 1.60 bits per heavy atom. The first-order valence-electron chi connectivity index (χ1n) is 10.3. The molecule has 0 aromatic rings. The molecule has 0 fully saturated rings. The zero-order valence-electron chi connectivity index (χ0n) is 18.9. The van der Waals surface area contributed by atoms with Crippen molar-refractivity contribution in [2.75, 3.05) is 12.0 Å². The zero-order chi connectivity index (χ0) is 27.1. The molecule has 0 aromatic heterocycles. The number of rotatable bonds is 18. The summed E-state index contributed by atoms with van der Waals surface area (Å²) < 4.78 is 0. The SMILES string of the molecule is CSCC[C@H](N)C(=O)N[C@@H](CCC(=O)O)C(=O)N[C@@H](CC(=O)O)C(=O)N[C@@H](CCC(=O)O)C(=O)O. The van der Waals surface area contributed by atoms with Crippen molar-refractivity contribution in [2.45, 2.75) is 62.7 Å². The van der Waals surface area contributed by atoms with Crippen molar-refractivity contribution in [3.05, 3.63) is 0 Å². The van der Waals surface area contributed by atoms with Crippen molar-refractivity contribution >= 4 is 53.4 Å². The molecule has 0 aliphatic carbocycles. The van der Waals surface area contributed by atoms with Gasteiger partial charge in [-0.25, -0.2) is 4.79 Å². The van der Waals surface area contributed by atoms with E-state index in [1.54, 1.807) is 6.26 Å². The molecule has 4 atom stereocenters. The molecular weight excluding hydrogens is 492 g/mol. The van der Waals surface area contributed by atoms with Gasteiger partial charge < -0.3 is 42.1 Å². The molecule has 0 unspecified atom stereocenters. The van der Waals surface area contributed by atoms with E-state index in [2.05, 4.69) is 10.6 Å². The minimum atomic E-state index is -1.80. The molecule has 9 N–H and O–H groups in total. The molecule has 35 heavy (non-hydrogen) atoms. The third-order valence-corrected chi connectivity index (χ3v) is 5.17. The molecule has 0 rings (SSSR count). The molecule has 3 amide bonds. The third-order valence-electron chi connectivity index (χ3n) is 4.52. The van der Waals surface area contributed by atoms with Crippen LogP contribution in [0.25, 0.3) is 0 Å². The van der Waals surface area contributed by atoms with Crippen molar-refractivity contribution in [3.63, 3.8) is 0 Å². The molecule has 0 heterocycles. The molecule has 0 saturated carbocycles. The van der Waals surface area contributed by atoms with Gasteiger partial charge in [0.25, 0.3) is 0 Å². The molecule has 0 aromatic carbocycles. The lowest BCUT2D eigenvalue weighted by atomic mass is 10.1. The van der Waals surface area contributed by atoms with Crippen molar-refractivity contribution in [2.24, 2.45) is 5.73 Å². The maximum absolute atomic E-state index is 12.7. The van der Waals surface area contributed by atoms with E-state index >= 15 is 0 Å². The molecule has 0 spiro atoms. The summed E-state index contributed by atoms with van der Waals surface area (Å²) in [5, 5.41) is 42.2. The van der Waals surface area contributed by atoms with E-state index in [-0.39, 0.29) is 6.42 Å². The van der Waals surface area contributed by atoms with Gasteiger partial charge in [-0.1, -0.05) is 0 Å². The summed E-state index contributed by atoms with van der Waals surface area (Å²) in [7, 11) is 0. The number of hydrogen-bond donors (Lipinski definition) is 8. The molecule has 0 aliphatic rings. The summed E-state index contributed by atoms with van der Waals surface area (Å²) >= 11 is 1.42. The van der Waals surface area contributed by atoms with Crippen LogP contribution in [0.15, 0.2) is 0 Å².